The molecule has 0 spiro atoms. The summed E-state index contributed by atoms with van der Waals surface area (Å²) in [6.45, 7) is 4.63. The van der Waals surface area contributed by atoms with E-state index in [0.29, 0.717) is 0 Å². The highest BCUT2D eigenvalue weighted by atomic mass is 19.4. The Morgan fingerprint density at radius 2 is 1.33 bits per heavy atom. The molecule has 0 radical (unpaired) electrons. The van der Waals surface area contributed by atoms with Gasteiger partial charge in [0.1, 0.15) is 11.4 Å². The van der Waals surface area contributed by atoms with Gasteiger partial charge in [0.2, 0.25) is 0 Å². The maximum atomic E-state index is 13.7. The average molecular weight is 412 g/mol. The van der Waals surface area contributed by atoms with Crippen LogP contribution in [-0.4, -0.2) is 34.7 Å². The standard InChI is InChI=1S/C16H17F9O2/c1-12(2,3)27-11-7-5-4-6-9(11)10(26)8-13(17,18)14(19,20)15(21,22)16(23,24)25/h4-7,10,26H,8H2,1-3H3. The summed E-state index contributed by atoms with van der Waals surface area (Å²) in [5.74, 6) is -19.9. The molecule has 11 heteroatoms. The van der Waals surface area contributed by atoms with Gasteiger partial charge in [-0.2, -0.15) is 39.5 Å². The van der Waals surface area contributed by atoms with E-state index in [1.807, 2.05) is 0 Å². The van der Waals surface area contributed by atoms with Gasteiger partial charge in [-0.25, -0.2) is 0 Å². The molecule has 0 heterocycles. The minimum absolute atomic E-state index is 0.209. The van der Waals surface area contributed by atoms with E-state index >= 15 is 0 Å². The third-order valence-corrected chi connectivity index (χ3v) is 3.35. The molecule has 0 aliphatic rings. The molecule has 0 saturated carbocycles. The zero-order chi connectivity index (χ0) is 21.5. The molecule has 1 atom stereocenters. The Bertz CT molecular complexity index is 648. The number of alkyl halides is 9. The van der Waals surface area contributed by atoms with Gasteiger partial charge in [0.25, 0.3) is 0 Å². The first-order chi connectivity index (χ1) is 11.8. The van der Waals surface area contributed by atoms with Gasteiger partial charge in [0.05, 0.1) is 6.10 Å². The summed E-state index contributed by atoms with van der Waals surface area (Å²) in [7, 11) is 0. The minimum Gasteiger partial charge on any atom is -0.488 e. The lowest BCUT2D eigenvalue weighted by Crippen LogP contribution is -2.61. The van der Waals surface area contributed by atoms with Gasteiger partial charge in [0.15, 0.2) is 0 Å². The van der Waals surface area contributed by atoms with Crippen LogP contribution in [0.5, 0.6) is 5.75 Å². The first-order valence-corrected chi connectivity index (χ1v) is 7.50. The van der Waals surface area contributed by atoms with E-state index < -0.39 is 47.6 Å². The summed E-state index contributed by atoms with van der Waals surface area (Å²) in [4.78, 5) is 0. The topological polar surface area (TPSA) is 29.5 Å². The van der Waals surface area contributed by atoms with Crippen molar-refractivity contribution in [2.45, 2.75) is 62.8 Å². The molecule has 1 unspecified atom stereocenters. The third kappa shape index (κ3) is 4.80. The van der Waals surface area contributed by atoms with E-state index in [9.17, 15) is 44.6 Å². The Morgan fingerprint density at radius 3 is 1.78 bits per heavy atom. The van der Waals surface area contributed by atoms with Crippen molar-refractivity contribution in [3.05, 3.63) is 29.8 Å². The van der Waals surface area contributed by atoms with Crippen molar-refractivity contribution in [1.29, 1.82) is 0 Å². The van der Waals surface area contributed by atoms with Gasteiger partial charge in [-0.05, 0) is 26.8 Å². The van der Waals surface area contributed by atoms with Crippen LogP contribution in [0, 0.1) is 0 Å². The summed E-state index contributed by atoms with van der Waals surface area (Å²) in [5.41, 5.74) is -1.36. The molecule has 1 N–H and O–H groups in total. The van der Waals surface area contributed by atoms with E-state index in [1.54, 1.807) is 20.8 Å². The lowest BCUT2D eigenvalue weighted by atomic mass is 9.95. The highest BCUT2D eigenvalue weighted by Gasteiger charge is 2.81. The van der Waals surface area contributed by atoms with Crippen LogP contribution in [0.3, 0.4) is 0 Å². The first kappa shape index (κ1) is 23.4. The molecule has 0 amide bonds. The number of aliphatic hydroxyl groups is 1. The number of para-hydroxylation sites is 1. The maximum absolute atomic E-state index is 13.7. The van der Waals surface area contributed by atoms with E-state index in [4.69, 9.17) is 4.74 Å². The van der Waals surface area contributed by atoms with Crippen LogP contribution >= 0.6 is 0 Å². The maximum Gasteiger partial charge on any atom is 0.460 e. The number of benzene rings is 1. The molecule has 156 valence electrons. The lowest BCUT2D eigenvalue weighted by Gasteiger charge is -2.34. The van der Waals surface area contributed by atoms with Gasteiger partial charge in [-0.3, -0.25) is 0 Å². The predicted octanol–water partition coefficient (Wildman–Crippen LogP) is 5.76. The second-order valence-electron chi connectivity index (χ2n) is 6.82. The molecule has 0 bridgehead atoms. The molecular formula is C16H17F9O2. The zero-order valence-corrected chi connectivity index (χ0v) is 14.4. The van der Waals surface area contributed by atoms with Gasteiger partial charge >= 0.3 is 23.9 Å². The van der Waals surface area contributed by atoms with E-state index in [0.717, 1.165) is 6.07 Å². The van der Waals surface area contributed by atoms with E-state index in [1.165, 1.54) is 18.2 Å². The number of aliphatic hydroxyl groups excluding tert-OH is 1. The molecule has 2 nitrogen and oxygen atoms in total. The van der Waals surface area contributed by atoms with Crippen LogP contribution in [0.25, 0.3) is 0 Å². The number of rotatable bonds is 6. The Labute approximate surface area is 148 Å². The minimum atomic E-state index is -7.00. The molecule has 27 heavy (non-hydrogen) atoms. The first-order valence-electron chi connectivity index (χ1n) is 7.50. The average Bonchev–Trinajstić information content (AvgIpc) is 2.43. The van der Waals surface area contributed by atoms with Crippen molar-refractivity contribution in [3.63, 3.8) is 0 Å². The normalized spacial score (nSPS) is 15.6. The van der Waals surface area contributed by atoms with Crippen LogP contribution < -0.4 is 4.74 Å². The Balaban J connectivity index is 3.20. The molecule has 1 rings (SSSR count). The Kier molecular flexibility index (Phi) is 6.12. The summed E-state index contributed by atoms with van der Waals surface area (Å²) in [5, 5.41) is 9.85. The molecule has 0 fully saturated rings. The predicted molar refractivity (Wildman–Crippen MR) is 77.3 cm³/mol. The number of halogens is 9. The molecule has 0 aromatic heterocycles. The summed E-state index contributed by atoms with van der Waals surface area (Å²) in [6.07, 6.45) is -11.8. The fourth-order valence-electron chi connectivity index (χ4n) is 2.07. The molecule has 0 saturated heterocycles. The fourth-order valence-corrected chi connectivity index (χ4v) is 2.07. The van der Waals surface area contributed by atoms with Crippen molar-refractivity contribution >= 4 is 0 Å². The van der Waals surface area contributed by atoms with Crippen LogP contribution in [0.2, 0.25) is 0 Å². The summed E-state index contributed by atoms with van der Waals surface area (Å²) >= 11 is 0. The fraction of sp³-hybridized carbons (Fsp3) is 0.625. The number of hydrogen-bond acceptors (Lipinski definition) is 2. The Hall–Kier alpha value is -1.65. The largest absolute Gasteiger partial charge is 0.488 e. The summed E-state index contributed by atoms with van der Waals surface area (Å²) < 4.78 is 122. The number of ether oxygens (including phenoxy) is 1. The zero-order valence-electron chi connectivity index (χ0n) is 14.4. The van der Waals surface area contributed by atoms with Crippen LogP contribution in [0.4, 0.5) is 39.5 Å². The Morgan fingerprint density at radius 1 is 0.852 bits per heavy atom. The van der Waals surface area contributed by atoms with Crippen molar-refractivity contribution in [2.75, 3.05) is 0 Å². The highest BCUT2D eigenvalue weighted by Crippen LogP contribution is 2.55. The SMILES string of the molecule is CC(C)(C)Oc1ccccc1C(O)CC(F)(F)C(F)(F)C(F)(F)C(F)(F)F. The molecular weight excluding hydrogens is 395 g/mol. The molecule has 1 aromatic rings. The van der Waals surface area contributed by atoms with Crippen LogP contribution in [0.15, 0.2) is 24.3 Å². The highest BCUT2D eigenvalue weighted by molar-refractivity contribution is 5.35. The molecule has 0 aliphatic heterocycles. The van der Waals surface area contributed by atoms with Crippen molar-refractivity contribution in [1.82, 2.24) is 0 Å². The van der Waals surface area contributed by atoms with Crippen molar-refractivity contribution in [2.24, 2.45) is 0 Å². The number of hydrogen-bond donors (Lipinski definition) is 1. The van der Waals surface area contributed by atoms with Gasteiger partial charge in [0, 0.05) is 12.0 Å². The van der Waals surface area contributed by atoms with Gasteiger partial charge in [-0.15, -0.1) is 0 Å². The second-order valence-corrected chi connectivity index (χ2v) is 6.82. The monoisotopic (exact) mass is 412 g/mol. The molecule has 1 aromatic carbocycles. The van der Waals surface area contributed by atoms with Crippen molar-refractivity contribution < 1.29 is 49.4 Å². The van der Waals surface area contributed by atoms with Crippen molar-refractivity contribution in [3.8, 4) is 5.75 Å². The smallest absolute Gasteiger partial charge is 0.460 e. The molecule has 0 aliphatic carbocycles. The summed E-state index contributed by atoms with van der Waals surface area (Å²) in [6, 6.07) is 4.78. The van der Waals surface area contributed by atoms with E-state index in [2.05, 4.69) is 0 Å². The van der Waals surface area contributed by atoms with Crippen LogP contribution in [0.1, 0.15) is 38.9 Å². The third-order valence-electron chi connectivity index (χ3n) is 3.35. The quantitative estimate of drug-likeness (QED) is 0.603. The van der Waals surface area contributed by atoms with Crippen LogP contribution in [-0.2, 0) is 0 Å². The van der Waals surface area contributed by atoms with Gasteiger partial charge in [-0.1, -0.05) is 18.2 Å². The lowest BCUT2D eigenvalue weighted by molar-refractivity contribution is -0.398. The second kappa shape index (κ2) is 7.06. The van der Waals surface area contributed by atoms with E-state index in [-0.39, 0.29) is 5.75 Å². The van der Waals surface area contributed by atoms with Gasteiger partial charge < -0.3 is 9.84 Å².